The van der Waals surface area contributed by atoms with E-state index < -0.39 is 0 Å². The number of esters is 1. The van der Waals surface area contributed by atoms with Gasteiger partial charge < -0.3 is 9.47 Å². The number of nitrogens with zero attached hydrogens (tertiary/aromatic N) is 4. The highest BCUT2D eigenvalue weighted by Crippen LogP contribution is 2.37. The maximum Gasteiger partial charge on any atom is 0.306 e. The van der Waals surface area contributed by atoms with Crippen LogP contribution in [-0.4, -0.2) is 45.0 Å². The van der Waals surface area contributed by atoms with Gasteiger partial charge in [0.1, 0.15) is 17.4 Å². The monoisotopic (exact) mass is 502 g/mol. The zero-order valence-corrected chi connectivity index (χ0v) is 21.8. The molecule has 0 N–H and O–H groups in total. The highest BCUT2D eigenvalue weighted by Gasteiger charge is 2.24. The fourth-order valence-electron chi connectivity index (χ4n) is 4.66. The Bertz CT molecular complexity index is 1400. The van der Waals surface area contributed by atoms with Crippen molar-refractivity contribution < 1.29 is 14.3 Å². The van der Waals surface area contributed by atoms with Crippen LogP contribution in [0.15, 0.2) is 65.6 Å². The number of carbonyl (C=O) groups is 1. The maximum absolute atomic E-state index is 12.4. The number of para-hydroxylation sites is 1. The highest BCUT2D eigenvalue weighted by atomic mass is 32.2. The smallest absolute Gasteiger partial charge is 0.306 e. The maximum atomic E-state index is 12.4. The van der Waals surface area contributed by atoms with Crippen molar-refractivity contribution in [3.8, 4) is 5.75 Å². The van der Waals surface area contributed by atoms with E-state index >= 15 is 0 Å². The molecule has 1 aliphatic heterocycles. The number of carbonyl (C=O) groups excluding carboxylic acids is 1. The van der Waals surface area contributed by atoms with Gasteiger partial charge in [0.15, 0.2) is 0 Å². The quantitative estimate of drug-likeness (QED) is 0.263. The van der Waals surface area contributed by atoms with Gasteiger partial charge in [0.05, 0.1) is 23.9 Å². The third-order valence-corrected chi connectivity index (χ3v) is 7.69. The van der Waals surface area contributed by atoms with Crippen molar-refractivity contribution in [1.29, 1.82) is 0 Å². The lowest BCUT2D eigenvalue weighted by Gasteiger charge is -2.23. The summed E-state index contributed by atoms with van der Waals surface area (Å²) >= 11 is 1.73. The van der Waals surface area contributed by atoms with Crippen LogP contribution >= 0.6 is 11.9 Å². The van der Waals surface area contributed by atoms with E-state index in [0.717, 1.165) is 45.9 Å². The van der Waals surface area contributed by atoms with E-state index in [1.807, 2.05) is 37.4 Å². The lowest BCUT2D eigenvalue weighted by Crippen LogP contribution is -2.27. The van der Waals surface area contributed by atoms with Crippen molar-refractivity contribution in [2.75, 3.05) is 13.7 Å². The highest BCUT2D eigenvalue weighted by molar-refractivity contribution is 7.97. The Balaban J connectivity index is 1.47. The molecular weight excluding hydrogens is 472 g/mol. The predicted molar refractivity (Wildman–Crippen MR) is 141 cm³/mol. The van der Waals surface area contributed by atoms with Gasteiger partial charge in [-0.15, -0.1) is 5.10 Å². The van der Waals surface area contributed by atoms with Crippen LogP contribution in [0.4, 0.5) is 0 Å². The number of hydrogen-bond acceptors (Lipinski definition) is 7. The average molecular weight is 503 g/mol. The van der Waals surface area contributed by atoms with E-state index in [2.05, 4.69) is 58.8 Å². The van der Waals surface area contributed by atoms with Gasteiger partial charge in [0.25, 0.3) is 0 Å². The van der Waals surface area contributed by atoms with Crippen molar-refractivity contribution in [1.82, 2.24) is 19.3 Å². The van der Waals surface area contributed by atoms with Crippen LogP contribution in [0.1, 0.15) is 41.5 Å². The largest absolute Gasteiger partial charge is 0.488 e. The molecule has 0 spiro atoms. The molecule has 1 aliphatic rings. The number of rotatable bonds is 6. The van der Waals surface area contributed by atoms with Crippen molar-refractivity contribution in [2.24, 2.45) is 7.05 Å². The Morgan fingerprint density at radius 2 is 1.94 bits per heavy atom. The predicted octanol–water partition coefficient (Wildman–Crippen LogP) is 5.26. The lowest BCUT2D eigenvalue weighted by atomic mass is 9.86. The minimum Gasteiger partial charge on any atom is -0.488 e. The number of benzene rings is 3. The molecule has 2 unspecified atom stereocenters. The molecule has 3 aromatic carbocycles. The average Bonchev–Trinajstić information content (AvgIpc) is 3.15. The number of hydrogen-bond donors (Lipinski definition) is 0. The van der Waals surface area contributed by atoms with Crippen LogP contribution in [-0.2, 0) is 23.1 Å². The molecule has 7 nitrogen and oxygen atoms in total. The summed E-state index contributed by atoms with van der Waals surface area (Å²) in [6.45, 7) is 5.81. The van der Waals surface area contributed by atoms with Gasteiger partial charge in [-0.1, -0.05) is 41.6 Å². The second kappa shape index (κ2) is 10.3. The van der Waals surface area contributed by atoms with Crippen LogP contribution in [0, 0.1) is 6.92 Å². The number of fused-ring (bicyclic) bond motifs is 2. The third-order valence-electron chi connectivity index (χ3n) is 6.62. The lowest BCUT2D eigenvalue weighted by molar-refractivity contribution is -0.140. The van der Waals surface area contributed by atoms with Gasteiger partial charge in [-0.05, 0) is 72.3 Å². The van der Waals surface area contributed by atoms with Crippen LogP contribution in [0.5, 0.6) is 5.75 Å². The molecule has 2 atom stereocenters. The summed E-state index contributed by atoms with van der Waals surface area (Å²) in [5, 5.41) is 8.40. The molecule has 1 aromatic heterocycles. The summed E-state index contributed by atoms with van der Waals surface area (Å²) in [5.74, 6) is 0.538. The summed E-state index contributed by atoms with van der Waals surface area (Å²) < 4.78 is 15.3. The second-order valence-corrected chi connectivity index (χ2v) is 10.4. The molecule has 0 fully saturated rings. The van der Waals surface area contributed by atoms with E-state index in [1.54, 1.807) is 16.6 Å². The summed E-state index contributed by atoms with van der Waals surface area (Å²) in [7, 11) is 3.31. The van der Waals surface area contributed by atoms with Crippen LogP contribution in [0.3, 0.4) is 0 Å². The molecule has 5 rings (SSSR count). The van der Waals surface area contributed by atoms with Crippen molar-refractivity contribution in [3.05, 3.63) is 82.9 Å². The van der Waals surface area contributed by atoms with Gasteiger partial charge in [-0.2, -0.15) is 0 Å². The van der Waals surface area contributed by atoms with Crippen molar-refractivity contribution in [2.45, 2.75) is 43.7 Å². The Kier molecular flexibility index (Phi) is 6.98. The first kappa shape index (κ1) is 24.3. The van der Waals surface area contributed by atoms with Crippen molar-refractivity contribution >= 4 is 29.0 Å². The SMILES string of the molecule is COC(=O)CC(c1ccc(C)c(CN2CC(C)Oc3ccccc3S2)c1)c1ccc2c(c1)nnn2C. The van der Waals surface area contributed by atoms with E-state index in [-0.39, 0.29) is 24.4 Å². The summed E-state index contributed by atoms with van der Waals surface area (Å²) in [6, 6.07) is 20.8. The molecule has 0 bridgehead atoms. The Morgan fingerprint density at radius 1 is 1.17 bits per heavy atom. The summed E-state index contributed by atoms with van der Waals surface area (Å²) in [5.41, 5.74) is 6.30. The fourth-order valence-corrected chi connectivity index (χ4v) is 5.77. The minimum atomic E-state index is -0.243. The van der Waals surface area contributed by atoms with E-state index in [1.165, 1.54) is 18.2 Å². The van der Waals surface area contributed by atoms with E-state index in [0.29, 0.717) is 0 Å². The van der Waals surface area contributed by atoms with Gasteiger partial charge in [0, 0.05) is 26.1 Å². The van der Waals surface area contributed by atoms with Gasteiger partial charge in [-0.25, -0.2) is 8.99 Å². The van der Waals surface area contributed by atoms with Crippen LogP contribution in [0.25, 0.3) is 11.0 Å². The first-order valence-corrected chi connectivity index (χ1v) is 12.8. The molecular formula is C28H30N4O3S. The number of aryl methyl sites for hydroxylation is 2. The standard InChI is InChI=1S/C28H30N4O3S/c1-18-9-10-20(13-22(18)17-32-16-19(2)35-26-7-5-6-8-27(26)36-32)23(15-28(33)34-4)21-11-12-25-24(14-21)29-30-31(25)3/h5-14,19,23H,15-17H2,1-4H3. The normalized spacial score (nSPS) is 16.7. The van der Waals surface area contributed by atoms with Gasteiger partial charge >= 0.3 is 5.97 Å². The third kappa shape index (κ3) is 5.10. The van der Waals surface area contributed by atoms with Gasteiger partial charge in [-0.3, -0.25) is 4.79 Å². The molecule has 0 radical (unpaired) electrons. The number of ether oxygens (including phenoxy) is 2. The minimum absolute atomic E-state index is 0.0791. The van der Waals surface area contributed by atoms with E-state index in [9.17, 15) is 4.79 Å². The molecule has 0 saturated heterocycles. The molecule has 2 heterocycles. The topological polar surface area (TPSA) is 69.5 Å². The molecule has 36 heavy (non-hydrogen) atoms. The van der Waals surface area contributed by atoms with Gasteiger partial charge in [0.2, 0.25) is 0 Å². The zero-order chi connectivity index (χ0) is 25.2. The van der Waals surface area contributed by atoms with Crippen LogP contribution < -0.4 is 4.74 Å². The molecule has 4 aromatic rings. The number of aromatic nitrogens is 3. The molecule has 0 aliphatic carbocycles. The van der Waals surface area contributed by atoms with Crippen molar-refractivity contribution in [3.63, 3.8) is 0 Å². The number of methoxy groups -OCH3 is 1. The summed E-state index contributed by atoms with van der Waals surface area (Å²) in [4.78, 5) is 13.5. The Hall–Kier alpha value is -3.36. The molecule has 186 valence electrons. The Labute approximate surface area is 215 Å². The molecule has 0 saturated carbocycles. The second-order valence-electron chi connectivity index (χ2n) is 9.27. The molecule has 8 heteroatoms. The molecule has 0 amide bonds. The van der Waals surface area contributed by atoms with E-state index in [4.69, 9.17) is 9.47 Å². The Morgan fingerprint density at radius 3 is 2.78 bits per heavy atom. The first-order chi connectivity index (χ1) is 17.4. The fraction of sp³-hybridized carbons (Fsp3) is 0.321. The van der Waals surface area contributed by atoms with Crippen LogP contribution in [0.2, 0.25) is 0 Å². The summed E-state index contributed by atoms with van der Waals surface area (Å²) in [6.07, 6.45) is 0.331. The first-order valence-electron chi connectivity index (χ1n) is 12.1. The zero-order valence-electron chi connectivity index (χ0n) is 21.0.